The third-order valence-corrected chi connectivity index (χ3v) is 3.39. The van der Waals surface area contributed by atoms with Gasteiger partial charge in [-0.1, -0.05) is 5.16 Å². The zero-order valence-electron chi connectivity index (χ0n) is 11.5. The van der Waals surface area contributed by atoms with E-state index in [1.165, 1.54) is 0 Å². The normalized spacial score (nSPS) is 20.3. The number of aryl methyl sites for hydroxylation is 1. The summed E-state index contributed by atoms with van der Waals surface area (Å²) >= 11 is 0. The second-order valence-corrected chi connectivity index (χ2v) is 5.03. The van der Waals surface area contributed by atoms with Gasteiger partial charge >= 0.3 is 0 Å². The molecule has 1 fully saturated rings. The van der Waals surface area contributed by atoms with E-state index in [1.54, 1.807) is 6.07 Å². The maximum atomic E-state index is 8.73. The fourth-order valence-electron chi connectivity index (χ4n) is 2.22. The summed E-state index contributed by atoms with van der Waals surface area (Å²) in [5.74, 6) is 0.654. The van der Waals surface area contributed by atoms with Crippen LogP contribution in [-0.4, -0.2) is 59.1 Å². The lowest BCUT2D eigenvalue weighted by atomic mass is 10.2. The Morgan fingerprint density at radius 1 is 1.53 bits per heavy atom. The molecule has 1 aromatic heterocycles. The van der Waals surface area contributed by atoms with E-state index in [2.05, 4.69) is 39.0 Å². The lowest BCUT2D eigenvalue weighted by Gasteiger charge is -2.20. The lowest BCUT2D eigenvalue weighted by molar-refractivity contribution is 0.315. The second-order valence-electron chi connectivity index (χ2n) is 5.03. The molecule has 1 aromatic rings. The predicted octanol–water partition coefficient (Wildman–Crippen LogP) is 0.0198. The molecule has 1 aliphatic rings. The summed E-state index contributed by atoms with van der Waals surface area (Å²) in [5, 5.41) is 11.7. The molecule has 7 heteroatoms. The van der Waals surface area contributed by atoms with Crippen molar-refractivity contribution in [2.75, 3.05) is 32.1 Å². The Bertz CT molecular complexity index is 487. The van der Waals surface area contributed by atoms with Crippen molar-refractivity contribution in [3.05, 3.63) is 17.5 Å². The molecule has 1 aliphatic heterocycles. The molecule has 0 bridgehead atoms. The third kappa shape index (κ3) is 2.93. The Kier molecular flexibility index (Phi) is 3.84. The predicted molar refractivity (Wildman–Crippen MR) is 73.6 cm³/mol. The summed E-state index contributed by atoms with van der Waals surface area (Å²) in [6, 6.07) is 2.22. The first-order chi connectivity index (χ1) is 9.01. The van der Waals surface area contributed by atoms with Gasteiger partial charge in [0.2, 0.25) is 5.95 Å². The molecule has 0 aromatic carbocycles. The van der Waals surface area contributed by atoms with Crippen molar-refractivity contribution >= 4 is 11.8 Å². The minimum Gasteiger partial charge on any atom is -0.409 e. The molecule has 0 saturated carbocycles. The fraction of sp³-hybridized carbons (Fsp3) is 0.583. The van der Waals surface area contributed by atoms with Gasteiger partial charge in [-0.3, -0.25) is 0 Å². The van der Waals surface area contributed by atoms with E-state index in [0.717, 1.165) is 25.2 Å². The number of nitrogens with zero attached hydrogens (tertiary/aromatic N) is 5. The molecular formula is C12H20N6O. The maximum absolute atomic E-state index is 8.73. The van der Waals surface area contributed by atoms with Crippen LogP contribution in [-0.2, 0) is 0 Å². The third-order valence-electron chi connectivity index (χ3n) is 3.39. The molecule has 0 radical (unpaired) electrons. The first kappa shape index (κ1) is 13.5. The highest BCUT2D eigenvalue weighted by Gasteiger charge is 2.26. The number of oxime groups is 1. The number of likely N-dealkylation sites (N-methyl/N-ethyl adjacent to an activating group) is 1. The van der Waals surface area contributed by atoms with E-state index < -0.39 is 0 Å². The van der Waals surface area contributed by atoms with Crippen molar-refractivity contribution in [2.24, 2.45) is 10.9 Å². The number of aromatic nitrogens is 2. The Morgan fingerprint density at radius 2 is 2.26 bits per heavy atom. The van der Waals surface area contributed by atoms with E-state index in [4.69, 9.17) is 10.9 Å². The minimum atomic E-state index is 0.00936. The standard InChI is InChI=1S/C12H20N6O/c1-8-6-10(11(13)16-19)15-12(14-8)18-5-4-9(7-18)17(2)3/h6,9,19H,4-5,7H2,1-3H3,(H2,13,16). The molecule has 0 aliphatic carbocycles. The monoisotopic (exact) mass is 264 g/mol. The number of hydrogen-bond acceptors (Lipinski definition) is 6. The zero-order valence-corrected chi connectivity index (χ0v) is 11.5. The summed E-state index contributed by atoms with van der Waals surface area (Å²) in [6.07, 6.45) is 1.09. The molecule has 104 valence electrons. The average molecular weight is 264 g/mol. The smallest absolute Gasteiger partial charge is 0.226 e. The van der Waals surface area contributed by atoms with E-state index >= 15 is 0 Å². The van der Waals surface area contributed by atoms with Gasteiger partial charge in [0.1, 0.15) is 5.69 Å². The van der Waals surface area contributed by atoms with E-state index in [9.17, 15) is 0 Å². The van der Waals surface area contributed by atoms with Crippen molar-refractivity contribution < 1.29 is 5.21 Å². The van der Waals surface area contributed by atoms with Crippen LogP contribution >= 0.6 is 0 Å². The SMILES string of the molecule is Cc1cc(/C(N)=N/O)nc(N2CCC(N(C)C)C2)n1. The molecule has 7 nitrogen and oxygen atoms in total. The lowest BCUT2D eigenvalue weighted by Crippen LogP contribution is -2.32. The topological polar surface area (TPSA) is 90.9 Å². The molecule has 1 atom stereocenters. The Hall–Kier alpha value is -1.89. The number of hydrogen-bond donors (Lipinski definition) is 2. The maximum Gasteiger partial charge on any atom is 0.226 e. The Morgan fingerprint density at radius 3 is 2.84 bits per heavy atom. The zero-order chi connectivity index (χ0) is 14.0. The Balaban J connectivity index is 2.24. The Labute approximate surface area is 112 Å². The van der Waals surface area contributed by atoms with Gasteiger partial charge in [-0.2, -0.15) is 0 Å². The van der Waals surface area contributed by atoms with Crippen LogP contribution in [0.1, 0.15) is 17.8 Å². The summed E-state index contributed by atoms with van der Waals surface area (Å²) in [5.41, 5.74) is 6.85. The average Bonchev–Trinajstić information content (AvgIpc) is 2.86. The quantitative estimate of drug-likeness (QED) is 0.346. The highest BCUT2D eigenvalue weighted by atomic mass is 16.4. The van der Waals surface area contributed by atoms with Gasteiger partial charge in [0.25, 0.3) is 0 Å². The fourth-order valence-corrected chi connectivity index (χ4v) is 2.22. The number of amidine groups is 1. The first-order valence-corrected chi connectivity index (χ1v) is 6.26. The van der Waals surface area contributed by atoms with Crippen LogP contribution in [0.15, 0.2) is 11.2 Å². The molecular weight excluding hydrogens is 244 g/mol. The summed E-state index contributed by atoms with van der Waals surface area (Å²) < 4.78 is 0. The van der Waals surface area contributed by atoms with Crippen LogP contribution < -0.4 is 10.6 Å². The largest absolute Gasteiger partial charge is 0.409 e. The molecule has 1 saturated heterocycles. The van der Waals surface area contributed by atoms with Crippen molar-refractivity contribution in [2.45, 2.75) is 19.4 Å². The number of nitrogens with two attached hydrogens (primary N) is 1. The molecule has 1 unspecified atom stereocenters. The van der Waals surface area contributed by atoms with Gasteiger partial charge in [-0.25, -0.2) is 9.97 Å². The highest BCUT2D eigenvalue weighted by molar-refractivity contribution is 5.95. The summed E-state index contributed by atoms with van der Waals surface area (Å²) in [6.45, 7) is 3.69. The van der Waals surface area contributed by atoms with Gasteiger partial charge in [-0.05, 0) is 33.5 Å². The van der Waals surface area contributed by atoms with Crippen LogP contribution in [0.4, 0.5) is 5.95 Å². The van der Waals surface area contributed by atoms with E-state index in [-0.39, 0.29) is 5.84 Å². The molecule has 0 amide bonds. The number of anilines is 1. The molecule has 2 rings (SSSR count). The molecule has 19 heavy (non-hydrogen) atoms. The second kappa shape index (κ2) is 5.40. The molecule has 2 heterocycles. The van der Waals surface area contributed by atoms with Crippen molar-refractivity contribution in [3.8, 4) is 0 Å². The van der Waals surface area contributed by atoms with Crippen LogP contribution in [0, 0.1) is 6.92 Å². The van der Waals surface area contributed by atoms with Crippen LogP contribution in [0.3, 0.4) is 0 Å². The molecule has 0 spiro atoms. The van der Waals surface area contributed by atoms with Gasteiger partial charge in [0, 0.05) is 24.8 Å². The van der Waals surface area contributed by atoms with Crippen molar-refractivity contribution in [3.63, 3.8) is 0 Å². The van der Waals surface area contributed by atoms with Crippen molar-refractivity contribution in [1.29, 1.82) is 0 Å². The van der Waals surface area contributed by atoms with E-state index in [0.29, 0.717) is 17.7 Å². The van der Waals surface area contributed by atoms with Gasteiger partial charge in [0.15, 0.2) is 5.84 Å². The summed E-state index contributed by atoms with van der Waals surface area (Å²) in [7, 11) is 4.15. The van der Waals surface area contributed by atoms with Gasteiger partial charge < -0.3 is 20.7 Å². The van der Waals surface area contributed by atoms with Crippen LogP contribution in [0.25, 0.3) is 0 Å². The summed E-state index contributed by atoms with van der Waals surface area (Å²) in [4.78, 5) is 13.1. The van der Waals surface area contributed by atoms with Crippen LogP contribution in [0.2, 0.25) is 0 Å². The highest BCUT2D eigenvalue weighted by Crippen LogP contribution is 2.19. The van der Waals surface area contributed by atoms with Crippen molar-refractivity contribution in [1.82, 2.24) is 14.9 Å². The number of rotatable bonds is 3. The van der Waals surface area contributed by atoms with Gasteiger partial charge in [-0.15, -0.1) is 0 Å². The minimum absolute atomic E-state index is 0.00936. The first-order valence-electron chi connectivity index (χ1n) is 6.26. The van der Waals surface area contributed by atoms with E-state index in [1.807, 2.05) is 6.92 Å². The van der Waals surface area contributed by atoms with Crippen LogP contribution in [0.5, 0.6) is 0 Å². The van der Waals surface area contributed by atoms with Gasteiger partial charge in [0.05, 0.1) is 0 Å². The molecule has 3 N–H and O–H groups in total.